The lowest BCUT2D eigenvalue weighted by Crippen LogP contribution is -2.33. The number of thiophene rings is 1. The van der Waals surface area contributed by atoms with Gasteiger partial charge in [0.25, 0.3) is 0 Å². The summed E-state index contributed by atoms with van der Waals surface area (Å²) in [5.74, 6) is 1.01. The number of hydrogen-bond acceptors (Lipinski definition) is 4. The van der Waals surface area contributed by atoms with E-state index in [-0.39, 0.29) is 24.5 Å². The molecule has 0 saturated carbocycles. The van der Waals surface area contributed by atoms with E-state index in [9.17, 15) is 9.59 Å². The van der Waals surface area contributed by atoms with Gasteiger partial charge in [-0.05, 0) is 42.1 Å². The largest absolute Gasteiger partial charge is 0.342 e. The summed E-state index contributed by atoms with van der Waals surface area (Å²) in [5.41, 5.74) is 0.612. The maximum atomic E-state index is 12.5. The van der Waals surface area contributed by atoms with Gasteiger partial charge >= 0.3 is 0 Å². The smallest absolute Gasteiger partial charge is 0.223 e. The van der Waals surface area contributed by atoms with Crippen LogP contribution in [0.5, 0.6) is 0 Å². The fourth-order valence-corrected chi connectivity index (χ4v) is 5.24. The van der Waals surface area contributed by atoms with Crippen LogP contribution in [0.2, 0.25) is 5.02 Å². The van der Waals surface area contributed by atoms with E-state index in [1.54, 1.807) is 35.6 Å². The van der Waals surface area contributed by atoms with E-state index in [0.717, 1.165) is 25.3 Å². The molecule has 6 heteroatoms. The Bertz CT molecular complexity index is 716. The van der Waals surface area contributed by atoms with E-state index in [4.69, 9.17) is 11.6 Å². The number of hydrogen-bond donors (Lipinski definition) is 0. The molecule has 1 aliphatic rings. The number of benzene rings is 1. The normalized spacial score (nSPS) is 18.0. The molecule has 3 rings (SSSR count). The molecule has 1 aromatic carbocycles. The Morgan fingerprint density at radius 2 is 1.92 bits per heavy atom. The molecule has 0 radical (unpaired) electrons. The van der Waals surface area contributed by atoms with Crippen molar-refractivity contribution in [2.24, 2.45) is 0 Å². The number of carbonyl (C=O) groups is 2. The Hall–Kier alpha value is -1.30. The summed E-state index contributed by atoms with van der Waals surface area (Å²) in [4.78, 5) is 28.0. The van der Waals surface area contributed by atoms with Gasteiger partial charge < -0.3 is 4.90 Å². The highest BCUT2D eigenvalue weighted by Crippen LogP contribution is 2.36. The zero-order valence-corrected chi connectivity index (χ0v) is 16.2. The SMILES string of the molecule is O=C(CCC(=O)N1CCS[C@@H](c2cccs2)CC1)c1ccc(Cl)cc1. The van der Waals surface area contributed by atoms with Crippen LogP contribution < -0.4 is 0 Å². The molecule has 1 aliphatic heterocycles. The fraction of sp³-hybridized carbons (Fsp3) is 0.368. The van der Waals surface area contributed by atoms with Crippen molar-refractivity contribution in [1.82, 2.24) is 4.90 Å². The van der Waals surface area contributed by atoms with Crippen LogP contribution in [0.3, 0.4) is 0 Å². The number of amides is 1. The molecule has 0 unspecified atom stereocenters. The summed E-state index contributed by atoms with van der Waals surface area (Å²) in [7, 11) is 0. The molecule has 25 heavy (non-hydrogen) atoms. The van der Waals surface area contributed by atoms with Crippen molar-refractivity contribution in [3.63, 3.8) is 0 Å². The number of halogens is 1. The lowest BCUT2D eigenvalue weighted by Gasteiger charge is -2.20. The molecule has 0 N–H and O–H groups in total. The minimum absolute atomic E-state index is 0.00863. The van der Waals surface area contributed by atoms with Gasteiger partial charge in [0.1, 0.15) is 0 Å². The van der Waals surface area contributed by atoms with Crippen LogP contribution >= 0.6 is 34.7 Å². The minimum atomic E-state index is -0.00863. The molecule has 1 saturated heterocycles. The zero-order chi connectivity index (χ0) is 17.6. The molecule has 1 aromatic heterocycles. The first-order chi connectivity index (χ1) is 12.1. The standard InChI is InChI=1S/C19H20ClNO2S2/c20-15-5-3-14(4-6-15)16(22)7-8-19(23)21-10-9-18(25-13-11-21)17-2-1-12-24-17/h1-6,12,18H,7-11,13H2/t18-/m1/s1. The number of rotatable bonds is 5. The molecule has 1 atom stereocenters. The molecule has 0 aliphatic carbocycles. The third-order valence-electron chi connectivity index (χ3n) is 4.29. The Labute approximate surface area is 161 Å². The van der Waals surface area contributed by atoms with E-state index < -0.39 is 0 Å². The van der Waals surface area contributed by atoms with Crippen LogP contribution in [-0.4, -0.2) is 35.4 Å². The van der Waals surface area contributed by atoms with Gasteiger partial charge in [-0.25, -0.2) is 0 Å². The van der Waals surface area contributed by atoms with Crippen LogP contribution in [0.4, 0.5) is 0 Å². The molecule has 1 amide bonds. The van der Waals surface area contributed by atoms with Gasteiger partial charge in [-0.15, -0.1) is 11.3 Å². The van der Waals surface area contributed by atoms with Crippen LogP contribution in [0.1, 0.15) is 39.7 Å². The monoisotopic (exact) mass is 393 g/mol. The Kier molecular flexibility index (Phi) is 6.57. The van der Waals surface area contributed by atoms with Crippen LogP contribution in [0, 0.1) is 0 Å². The Balaban J connectivity index is 1.49. The summed E-state index contributed by atoms with van der Waals surface area (Å²) in [6.45, 7) is 1.53. The molecule has 2 heterocycles. The Morgan fingerprint density at radius 1 is 1.12 bits per heavy atom. The van der Waals surface area contributed by atoms with Crippen molar-refractivity contribution in [3.8, 4) is 0 Å². The third-order valence-corrected chi connectivity index (χ3v) is 6.98. The number of Topliss-reactive ketones (excluding diaryl/α,β-unsaturated/α-hetero) is 1. The average molecular weight is 394 g/mol. The predicted octanol–water partition coefficient (Wildman–Crippen LogP) is 5.07. The molecule has 2 aromatic rings. The second-order valence-electron chi connectivity index (χ2n) is 5.97. The number of nitrogens with zero attached hydrogens (tertiary/aromatic N) is 1. The zero-order valence-electron chi connectivity index (χ0n) is 13.8. The third kappa shape index (κ3) is 5.09. The van der Waals surface area contributed by atoms with Crippen molar-refractivity contribution in [2.75, 3.05) is 18.8 Å². The van der Waals surface area contributed by atoms with Gasteiger partial charge in [-0.1, -0.05) is 17.7 Å². The van der Waals surface area contributed by atoms with E-state index in [1.165, 1.54) is 4.88 Å². The molecular weight excluding hydrogens is 374 g/mol. The second kappa shape index (κ2) is 8.88. The van der Waals surface area contributed by atoms with Crippen molar-refractivity contribution in [2.45, 2.75) is 24.5 Å². The molecular formula is C19H20ClNO2S2. The van der Waals surface area contributed by atoms with Crippen molar-refractivity contribution < 1.29 is 9.59 Å². The second-order valence-corrected chi connectivity index (χ2v) is 8.70. The molecule has 3 nitrogen and oxygen atoms in total. The first-order valence-electron chi connectivity index (χ1n) is 8.35. The molecule has 132 valence electrons. The van der Waals surface area contributed by atoms with E-state index in [0.29, 0.717) is 15.8 Å². The fourth-order valence-electron chi connectivity index (χ4n) is 2.88. The number of ketones is 1. The quantitative estimate of drug-likeness (QED) is 0.665. The number of carbonyl (C=O) groups excluding carboxylic acids is 2. The summed E-state index contributed by atoms with van der Waals surface area (Å²) >= 11 is 9.54. The van der Waals surface area contributed by atoms with Gasteiger partial charge in [-0.3, -0.25) is 9.59 Å². The highest BCUT2D eigenvalue weighted by atomic mass is 35.5. The van der Waals surface area contributed by atoms with Crippen molar-refractivity contribution in [3.05, 3.63) is 57.2 Å². The minimum Gasteiger partial charge on any atom is -0.342 e. The first kappa shape index (κ1) is 18.5. The Morgan fingerprint density at radius 3 is 2.64 bits per heavy atom. The molecule has 0 bridgehead atoms. The summed E-state index contributed by atoms with van der Waals surface area (Å²) in [6.07, 6.45) is 1.50. The molecule has 1 fully saturated rings. The van der Waals surface area contributed by atoms with Crippen molar-refractivity contribution in [1.29, 1.82) is 0 Å². The van der Waals surface area contributed by atoms with Crippen LogP contribution in [-0.2, 0) is 4.79 Å². The maximum absolute atomic E-state index is 12.5. The van der Waals surface area contributed by atoms with Gasteiger partial charge in [0, 0.05) is 52.4 Å². The highest BCUT2D eigenvalue weighted by molar-refractivity contribution is 7.99. The highest BCUT2D eigenvalue weighted by Gasteiger charge is 2.23. The van der Waals surface area contributed by atoms with Crippen molar-refractivity contribution >= 4 is 46.4 Å². The lowest BCUT2D eigenvalue weighted by molar-refractivity contribution is -0.130. The first-order valence-corrected chi connectivity index (χ1v) is 10.7. The van der Waals surface area contributed by atoms with Gasteiger partial charge in [0.2, 0.25) is 5.91 Å². The summed E-state index contributed by atoms with van der Waals surface area (Å²) in [5, 5.41) is 3.19. The van der Waals surface area contributed by atoms with E-state index in [1.807, 2.05) is 16.7 Å². The maximum Gasteiger partial charge on any atom is 0.223 e. The van der Waals surface area contributed by atoms with Gasteiger partial charge in [-0.2, -0.15) is 11.8 Å². The lowest BCUT2D eigenvalue weighted by atomic mass is 10.1. The summed E-state index contributed by atoms with van der Waals surface area (Å²) < 4.78 is 0. The number of thioether (sulfide) groups is 1. The topological polar surface area (TPSA) is 37.4 Å². The van der Waals surface area contributed by atoms with Gasteiger partial charge in [0.15, 0.2) is 5.78 Å². The van der Waals surface area contributed by atoms with Crippen LogP contribution in [0.15, 0.2) is 41.8 Å². The van der Waals surface area contributed by atoms with Crippen LogP contribution in [0.25, 0.3) is 0 Å². The predicted molar refractivity (Wildman–Crippen MR) is 106 cm³/mol. The van der Waals surface area contributed by atoms with Gasteiger partial charge in [0.05, 0.1) is 0 Å². The van der Waals surface area contributed by atoms with E-state index >= 15 is 0 Å². The average Bonchev–Trinajstić information content (AvgIpc) is 3.04. The summed E-state index contributed by atoms with van der Waals surface area (Å²) in [6, 6.07) is 11.1. The molecule has 0 spiro atoms. The van der Waals surface area contributed by atoms with E-state index in [2.05, 4.69) is 17.5 Å².